The first kappa shape index (κ1) is 16.3. The van der Waals surface area contributed by atoms with Crippen molar-refractivity contribution in [2.45, 2.75) is 52.5 Å². The highest BCUT2D eigenvalue weighted by Crippen LogP contribution is 2.29. The molecule has 2 heteroatoms. The van der Waals surface area contributed by atoms with Crippen LogP contribution in [0.15, 0.2) is 29.0 Å². The van der Waals surface area contributed by atoms with Crippen LogP contribution in [0.4, 0.5) is 0 Å². The summed E-state index contributed by atoms with van der Waals surface area (Å²) in [4.78, 5) is 0. The van der Waals surface area contributed by atoms with Gasteiger partial charge in [-0.1, -0.05) is 32.9 Å². The highest BCUT2D eigenvalue weighted by Gasteiger charge is 2.18. The lowest BCUT2D eigenvalue weighted by Gasteiger charge is -2.24. The molecule has 1 atom stereocenters. The van der Waals surface area contributed by atoms with Gasteiger partial charge in [-0.05, 0) is 77.4 Å². The predicted molar refractivity (Wildman–Crippen MR) is 94.4 cm³/mol. The average Bonchev–Trinajstić information content (AvgIpc) is 2.90. The maximum Gasteiger partial charge on any atom is 0.0366 e. The van der Waals surface area contributed by atoms with E-state index in [0.29, 0.717) is 6.04 Å². The van der Waals surface area contributed by atoms with Crippen molar-refractivity contribution in [2.24, 2.45) is 0 Å². The van der Waals surface area contributed by atoms with E-state index in [2.05, 4.69) is 75.9 Å². The van der Waals surface area contributed by atoms with Crippen LogP contribution >= 0.6 is 11.3 Å². The normalized spacial score (nSPS) is 13.4. The first-order valence-corrected chi connectivity index (χ1v) is 8.57. The Kier molecular flexibility index (Phi) is 4.90. The Hall–Kier alpha value is -1.12. The van der Waals surface area contributed by atoms with Crippen molar-refractivity contribution in [2.75, 3.05) is 7.05 Å². The molecule has 1 aromatic heterocycles. The molecular weight excluding hydrogens is 274 g/mol. The maximum absolute atomic E-state index is 3.46. The zero-order valence-corrected chi connectivity index (χ0v) is 14.9. The van der Waals surface area contributed by atoms with Crippen LogP contribution in [-0.4, -0.2) is 7.05 Å². The number of thiophene rings is 1. The van der Waals surface area contributed by atoms with Crippen LogP contribution in [0.3, 0.4) is 0 Å². The number of hydrogen-bond donors (Lipinski definition) is 1. The van der Waals surface area contributed by atoms with Gasteiger partial charge in [0.1, 0.15) is 0 Å². The van der Waals surface area contributed by atoms with Crippen molar-refractivity contribution in [1.29, 1.82) is 0 Å². The van der Waals surface area contributed by atoms with Gasteiger partial charge in [-0.2, -0.15) is 11.3 Å². The standard InChI is InChI=1S/C19H27NS/c1-13-9-16(19(3,4)5)10-14(2)17(13)11-18(20-6)15-7-8-21-12-15/h7-10,12,18,20H,11H2,1-6H3. The van der Waals surface area contributed by atoms with Crippen molar-refractivity contribution in [3.63, 3.8) is 0 Å². The van der Waals surface area contributed by atoms with Gasteiger partial charge >= 0.3 is 0 Å². The molecule has 1 unspecified atom stereocenters. The van der Waals surface area contributed by atoms with E-state index in [1.807, 2.05) is 0 Å². The van der Waals surface area contributed by atoms with E-state index in [0.717, 1.165) is 6.42 Å². The smallest absolute Gasteiger partial charge is 0.0366 e. The van der Waals surface area contributed by atoms with Gasteiger partial charge in [0, 0.05) is 6.04 Å². The number of benzene rings is 1. The summed E-state index contributed by atoms with van der Waals surface area (Å²) in [5.74, 6) is 0. The highest BCUT2D eigenvalue weighted by molar-refractivity contribution is 7.07. The molecule has 21 heavy (non-hydrogen) atoms. The summed E-state index contributed by atoms with van der Waals surface area (Å²) in [6, 6.07) is 7.35. The molecule has 0 saturated heterocycles. The molecule has 1 heterocycles. The van der Waals surface area contributed by atoms with Gasteiger partial charge in [0.2, 0.25) is 0 Å². The third-order valence-electron chi connectivity index (χ3n) is 4.26. The summed E-state index contributed by atoms with van der Waals surface area (Å²) in [6.07, 6.45) is 1.05. The van der Waals surface area contributed by atoms with Crippen LogP contribution in [0.1, 0.15) is 54.6 Å². The first-order valence-electron chi connectivity index (χ1n) is 7.63. The zero-order valence-electron chi connectivity index (χ0n) is 14.1. The van der Waals surface area contributed by atoms with Crippen LogP contribution in [0.25, 0.3) is 0 Å². The fraction of sp³-hybridized carbons (Fsp3) is 0.474. The van der Waals surface area contributed by atoms with Gasteiger partial charge in [0.15, 0.2) is 0 Å². The van der Waals surface area contributed by atoms with Crippen LogP contribution in [-0.2, 0) is 11.8 Å². The number of rotatable bonds is 4. The second-order valence-electron chi connectivity index (χ2n) is 6.94. The summed E-state index contributed by atoms with van der Waals surface area (Å²) >= 11 is 1.77. The van der Waals surface area contributed by atoms with Gasteiger partial charge in [0.05, 0.1) is 0 Å². The molecule has 2 aromatic rings. The van der Waals surface area contributed by atoms with E-state index in [4.69, 9.17) is 0 Å². The Balaban J connectivity index is 2.32. The zero-order chi connectivity index (χ0) is 15.6. The van der Waals surface area contributed by atoms with Crippen molar-refractivity contribution >= 4 is 11.3 Å². The summed E-state index contributed by atoms with van der Waals surface area (Å²) < 4.78 is 0. The average molecular weight is 301 g/mol. The summed E-state index contributed by atoms with van der Waals surface area (Å²) in [6.45, 7) is 11.3. The Morgan fingerprint density at radius 2 is 1.76 bits per heavy atom. The largest absolute Gasteiger partial charge is 0.313 e. The van der Waals surface area contributed by atoms with Crippen molar-refractivity contribution in [3.05, 3.63) is 56.8 Å². The van der Waals surface area contributed by atoms with Crippen LogP contribution in [0.2, 0.25) is 0 Å². The predicted octanol–water partition coefficient (Wildman–Crippen LogP) is 5.17. The van der Waals surface area contributed by atoms with E-state index in [1.165, 1.54) is 27.8 Å². The Bertz CT molecular complexity index is 568. The number of likely N-dealkylation sites (N-methyl/N-ethyl adjacent to an activating group) is 1. The molecule has 0 aliphatic rings. The molecule has 0 radical (unpaired) electrons. The Labute approximate surface area is 133 Å². The van der Waals surface area contributed by atoms with Gasteiger partial charge in [-0.25, -0.2) is 0 Å². The van der Waals surface area contributed by atoms with Gasteiger partial charge in [0.25, 0.3) is 0 Å². The molecule has 2 rings (SSSR count). The number of nitrogens with one attached hydrogen (secondary N) is 1. The van der Waals surface area contributed by atoms with E-state index < -0.39 is 0 Å². The fourth-order valence-electron chi connectivity index (χ4n) is 2.81. The molecule has 0 saturated carbocycles. The molecule has 1 nitrogen and oxygen atoms in total. The van der Waals surface area contributed by atoms with E-state index in [-0.39, 0.29) is 5.41 Å². The number of hydrogen-bond acceptors (Lipinski definition) is 2. The molecule has 0 spiro atoms. The van der Waals surface area contributed by atoms with Gasteiger partial charge < -0.3 is 5.32 Å². The third kappa shape index (κ3) is 3.75. The minimum Gasteiger partial charge on any atom is -0.313 e. The Morgan fingerprint density at radius 1 is 1.14 bits per heavy atom. The molecule has 0 fully saturated rings. The molecule has 1 N–H and O–H groups in total. The molecule has 0 aliphatic carbocycles. The van der Waals surface area contributed by atoms with Crippen LogP contribution < -0.4 is 5.32 Å². The van der Waals surface area contributed by atoms with Crippen molar-refractivity contribution in [1.82, 2.24) is 5.32 Å². The molecule has 0 aliphatic heterocycles. The second kappa shape index (κ2) is 6.33. The minimum absolute atomic E-state index is 0.212. The first-order chi connectivity index (χ1) is 9.82. The van der Waals surface area contributed by atoms with Crippen molar-refractivity contribution < 1.29 is 0 Å². The Morgan fingerprint density at radius 3 is 2.19 bits per heavy atom. The lowest BCUT2D eigenvalue weighted by molar-refractivity contribution is 0.580. The number of aryl methyl sites for hydroxylation is 2. The minimum atomic E-state index is 0.212. The molecule has 1 aromatic carbocycles. The van der Waals surface area contributed by atoms with Gasteiger partial charge in [-0.3, -0.25) is 0 Å². The van der Waals surface area contributed by atoms with Crippen LogP contribution in [0, 0.1) is 13.8 Å². The van der Waals surface area contributed by atoms with E-state index in [9.17, 15) is 0 Å². The van der Waals surface area contributed by atoms with Crippen molar-refractivity contribution in [3.8, 4) is 0 Å². The van der Waals surface area contributed by atoms with E-state index >= 15 is 0 Å². The molecular formula is C19H27NS. The lowest BCUT2D eigenvalue weighted by atomic mass is 9.82. The fourth-order valence-corrected chi connectivity index (χ4v) is 3.53. The van der Waals surface area contributed by atoms with Crippen LogP contribution in [0.5, 0.6) is 0 Å². The van der Waals surface area contributed by atoms with Gasteiger partial charge in [-0.15, -0.1) is 0 Å². The van der Waals surface area contributed by atoms with E-state index in [1.54, 1.807) is 11.3 Å². The summed E-state index contributed by atoms with van der Waals surface area (Å²) in [5.41, 5.74) is 7.34. The molecule has 0 bridgehead atoms. The SMILES string of the molecule is CNC(Cc1c(C)cc(C(C)(C)C)cc1C)c1ccsc1. The third-order valence-corrected chi connectivity index (χ3v) is 4.97. The highest BCUT2D eigenvalue weighted by atomic mass is 32.1. The maximum atomic E-state index is 3.46. The topological polar surface area (TPSA) is 12.0 Å². The molecule has 0 amide bonds. The molecule has 114 valence electrons. The monoisotopic (exact) mass is 301 g/mol. The second-order valence-corrected chi connectivity index (χ2v) is 7.72. The summed E-state index contributed by atoms with van der Waals surface area (Å²) in [7, 11) is 2.05. The quantitative estimate of drug-likeness (QED) is 0.822. The lowest BCUT2D eigenvalue weighted by Crippen LogP contribution is -2.20. The summed E-state index contributed by atoms with van der Waals surface area (Å²) in [5, 5.41) is 7.86.